The number of aromatic nitrogens is 1. The molecule has 0 saturated carbocycles. The largest absolute Gasteiger partial charge is 0.490 e. The van der Waals surface area contributed by atoms with Gasteiger partial charge in [-0.3, -0.25) is 9.36 Å². The SMILES string of the molecule is CC(C)OC(=O)N1CCC(Oc2ccn(-c3ccc(N)cc3F)c(=O)c2)CC1. The van der Waals surface area contributed by atoms with E-state index in [0.29, 0.717) is 31.7 Å². The monoisotopic (exact) mass is 389 g/mol. The van der Waals surface area contributed by atoms with Crippen LogP contribution in [0.4, 0.5) is 14.9 Å². The molecule has 28 heavy (non-hydrogen) atoms. The molecule has 8 heteroatoms. The Kier molecular flexibility index (Phi) is 5.87. The van der Waals surface area contributed by atoms with Crippen molar-refractivity contribution in [2.45, 2.75) is 38.9 Å². The summed E-state index contributed by atoms with van der Waals surface area (Å²) in [5.74, 6) is -0.156. The summed E-state index contributed by atoms with van der Waals surface area (Å²) in [4.78, 5) is 26.0. The molecular formula is C20H24FN3O4. The van der Waals surface area contributed by atoms with E-state index >= 15 is 0 Å². The van der Waals surface area contributed by atoms with Crippen molar-refractivity contribution >= 4 is 11.8 Å². The number of amides is 1. The van der Waals surface area contributed by atoms with Gasteiger partial charge in [-0.05, 0) is 38.1 Å². The Balaban J connectivity index is 1.63. The van der Waals surface area contributed by atoms with Gasteiger partial charge in [0.05, 0.1) is 11.8 Å². The van der Waals surface area contributed by atoms with Crippen LogP contribution in [0.3, 0.4) is 0 Å². The van der Waals surface area contributed by atoms with Crippen LogP contribution in [0.2, 0.25) is 0 Å². The third kappa shape index (κ3) is 4.62. The second-order valence-corrected chi connectivity index (χ2v) is 7.02. The molecule has 0 spiro atoms. The summed E-state index contributed by atoms with van der Waals surface area (Å²) in [6, 6.07) is 7.11. The second-order valence-electron chi connectivity index (χ2n) is 7.02. The highest BCUT2D eigenvalue weighted by molar-refractivity contribution is 5.67. The lowest BCUT2D eigenvalue weighted by Gasteiger charge is -2.32. The fourth-order valence-electron chi connectivity index (χ4n) is 3.08. The number of carbonyl (C=O) groups is 1. The Labute approximate surface area is 162 Å². The highest BCUT2D eigenvalue weighted by atomic mass is 19.1. The summed E-state index contributed by atoms with van der Waals surface area (Å²) in [5, 5.41) is 0. The third-order valence-corrected chi connectivity index (χ3v) is 4.46. The Bertz CT molecular complexity index is 905. The van der Waals surface area contributed by atoms with Crippen LogP contribution in [0.15, 0.2) is 41.3 Å². The van der Waals surface area contributed by atoms with E-state index in [1.165, 1.54) is 35.0 Å². The van der Waals surface area contributed by atoms with Crippen molar-refractivity contribution in [3.63, 3.8) is 0 Å². The molecule has 0 atom stereocenters. The Morgan fingerprint density at radius 1 is 1.21 bits per heavy atom. The summed E-state index contributed by atoms with van der Waals surface area (Å²) in [7, 11) is 0. The van der Waals surface area contributed by atoms with E-state index in [2.05, 4.69) is 0 Å². The number of ether oxygens (including phenoxy) is 2. The minimum Gasteiger partial charge on any atom is -0.490 e. The van der Waals surface area contributed by atoms with Crippen LogP contribution in [-0.2, 0) is 4.74 Å². The number of hydrogen-bond acceptors (Lipinski definition) is 5. The molecule has 1 aromatic carbocycles. The molecule has 0 unspecified atom stereocenters. The van der Waals surface area contributed by atoms with E-state index in [1.807, 2.05) is 13.8 Å². The minimum atomic E-state index is -0.573. The van der Waals surface area contributed by atoms with Crippen molar-refractivity contribution in [1.82, 2.24) is 9.47 Å². The van der Waals surface area contributed by atoms with Gasteiger partial charge in [-0.1, -0.05) is 0 Å². The number of pyridine rings is 1. The molecule has 1 aromatic heterocycles. The predicted octanol–water partition coefficient (Wildman–Crippen LogP) is 2.95. The Morgan fingerprint density at radius 2 is 1.93 bits per heavy atom. The van der Waals surface area contributed by atoms with Gasteiger partial charge >= 0.3 is 6.09 Å². The molecule has 0 radical (unpaired) electrons. The molecule has 7 nitrogen and oxygen atoms in total. The number of carbonyl (C=O) groups excluding carboxylic acids is 1. The van der Waals surface area contributed by atoms with Crippen molar-refractivity contribution in [2.75, 3.05) is 18.8 Å². The van der Waals surface area contributed by atoms with Gasteiger partial charge in [0.1, 0.15) is 17.7 Å². The molecular weight excluding hydrogens is 365 g/mol. The first-order chi connectivity index (χ1) is 13.3. The molecule has 2 N–H and O–H groups in total. The van der Waals surface area contributed by atoms with E-state index in [-0.39, 0.29) is 29.7 Å². The average molecular weight is 389 g/mol. The van der Waals surface area contributed by atoms with Crippen molar-refractivity contribution in [2.24, 2.45) is 0 Å². The molecule has 1 aliphatic rings. The van der Waals surface area contributed by atoms with E-state index in [0.717, 1.165) is 0 Å². The van der Waals surface area contributed by atoms with Crippen molar-refractivity contribution in [3.8, 4) is 11.4 Å². The summed E-state index contributed by atoms with van der Waals surface area (Å²) in [5.41, 5.74) is 5.56. The number of nitrogens with two attached hydrogens (primary N) is 1. The molecule has 0 bridgehead atoms. The van der Waals surface area contributed by atoms with Gasteiger partial charge in [0.15, 0.2) is 0 Å². The number of benzene rings is 1. The van der Waals surface area contributed by atoms with E-state index in [4.69, 9.17) is 15.2 Å². The van der Waals surface area contributed by atoms with Gasteiger partial charge in [0.2, 0.25) is 0 Å². The first-order valence-electron chi connectivity index (χ1n) is 9.24. The van der Waals surface area contributed by atoms with Crippen LogP contribution in [0.5, 0.6) is 5.75 Å². The molecule has 1 aliphatic heterocycles. The fourth-order valence-corrected chi connectivity index (χ4v) is 3.08. The number of anilines is 1. The molecule has 0 aliphatic carbocycles. The molecule has 1 saturated heterocycles. The fraction of sp³-hybridized carbons (Fsp3) is 0.400. The van der Waals surface area contributed by atoms with Crippen LogP contribution in [0.25, 0.3) is 5.69 Å². The molecule has 2 aromatic rings. The number of nitrogens with zero attached hydrogens (tertiary/aromatic N) is 2. The zero-order valence-corrected chi connectivity index (χ0v) is 15.9. The highest BCUT2D eigenvalue weighted by Gasteiger charge is 2.25. The summed E-state index contributed by atoms with van der Waals surface area (Å²) in [6.07, 6.45) is 2.18. The van der Waals surface area contributed by atoms with Crippen LogP contribution >= 0.6 is 0 Å². The lowest BCUT2D eigenvalue weighted by Crippen LogP contribution is -2.42. The van der Waals surface area contributed by atoms with Crippen LogP contribution in [0.1, 0.15) is 26.7 Å². The van der Waals surface area contributed by atoms with Gasteiger partial charge in [-0.25, -0.2) is 9.18 Å². The topological polar surface area (TPSA) is 86.8 Å². The lowest BCUT2D eigenvalue weighted by atomic mass is 10.1. The van der Waals surface area contributed by atoms with Crippen molar-refractivity contribution in [1.29, 1.82) is 0 Å². The summed E-state index contributed by atoms with van der Waals surface area (Å²) >= 11 is 0. The Morgan fingerprint density at radius 3 is 2.54 bits per heavy atom. The summed E-state index contributed by atoms with van der Waals surface area (Å²) < 4.78 is 26.3. The normalized spacial score (nSPS) is 14.9. The van der Waals surface area contributed by atoms with E-state index in [9.17, 15) is 14.0 Å². The van der Waals surface area contributed by atoms with Gasteiger partial charge in [0, 0.05) is 43.9 Å². The maximum absolute atomic E-state index is 14.1. The highest BCUT2D eigenvalue weighted by Crippen LogP contribution is 2.20. The van der Waals surface area contributed by atoms with E-state index in [1.54, 1.807) is 11.0 Å². The minimum absolute atomic E-state index is 0.105. The zero-order valence-electron chi connectivity index (χ0n) is 15.9. The molecule has 1 fully saturated rings. The van der Waals surface area contributed by atoms with Crippen LogP contribution < -0.4 is 16.0 Å². The van der Waals surface area contributed by atoms with Gasteiger partial charge in [0.25, 0.3) is 5.56 Å². The smallest absolute Gasteiger partial charge is 0.410 e. The van der Waals surface area contributed by atoms with Crippen LogP contribution in [0, 0.1) is 5.82 Å². The number of rotatable bonds is 4. The van der Waals surface area contributed by atoms with E-state index < -0.39 is 11.4 Å². The zero-order chi connectivity index (χ0) is 20.3. The molecule has 3 rings (SSSR count). The Hall–Kier alpha value is -3.03. The molecule has 2 heterocycles. The number of hydrogen-bond donors (Lipinski definition) is 1. The number of halogens is 1. The van der Waals surface area contributed by atoms with Crippen LogP contribution in [-0.4, -0.2) is 40.9 Å². The average Bonchev–Trinajstić information content (AvgIpc) is 2.63. The second kappa shape index (κ2) is 8.33. The van der Waals surface area contributed by atoms with Gasteiger partial charge in [-0.15, -0.1) is 0 Å². The number of piperidine rings is 1. The standard InChI is InChI=1S/C20H24FN3O4/c1-13(2)27-20(26)23-8-5-15(6-9-23)28-16-7-10-24(19(25)12-16)18-4-3-14(22)11-17(18)21/h3-4,7,10-13,15H,5-6,8-9,22H2,1-2H3. The number of nitrogen functional groups attached to an aromatic ring is 1. The predicted molar refractivity (Wildman–Crippen MR) is 103 cm³/mol. The first-order valence-corrected chi connectivity index (χ1v) is 9.24. The number of likely N-dealkylation sites (tertiary alicyclic amines) is 1. The maximum atomic E-state index is 14.1. The van der Waals surface area contributed by atoms with Crippen molar-refractivity contribution < 1.29 is 18.7 Å². The maximum Gasteiger partial charge on any atom is 0.410 e. The lowest BCUT2D eigenvalue weighted by molar-refractivity contribution is 0.0516. The third-order valence-electron chi connectivity index (χ3n) is 4.46. The van der Waals surface area contributed by atoms with Crippen molar-refractivity contribution in [3.05, 3.63) is 52.7 Å². The molecule has 150 valence electrons. The summed E-state index contributed by atoms with van der Waals surface area (Å²) in [6.45, 7) is 4.69. The van der Waals surface area contributed by atoms with Gasteiger partial charge in [-0.2, -0.15) is 0 Å². The quantitative estimate of drug-likeness (QED) is 0.813. The first kappa shape index (κ1) is 19.7. The van der Waals surface area contributed by atoms with Gasteiger partial charge < -0.3 is 20.1 Å². The molecule has 1 amide bonds.